The number of nitrogens with one attached hydrogen (secondary N) is 2. The van der Waals surface area contributed by atoms with Crippen LogP contribution in [0.15, 0.2) is 0 Å². The number of hydrogen-bond donors (Lipinski definition) is 2. The largest absolute Gasteiger partial charge is 0.349 e. The second-order valence-electron chi connectivity index (χ2n) is 6.97. The molecule has 112 valence electrons. The van der Waals surface area contributed by atoms with Gasteiger partial charge in [-0.2, -0.15) is 0 Å². The van der Waals surface area contributed by atoms with Gasteiger partial charge in [-0.3, -0.25) is 9.59 Å². The lowest BCUT2D eigenvalue weighted by atomic mass is 9.95. The van der Waals surface area contributed by atoms with Crippen LogP contribution in [-0.2, 0) is 9.59 Å². The molecule has 2 aliphatic carbocycles. The first-order valence-electron chi connectivity index (χ1n) is 7.70. The van der Waals surface area contributed by atoms with E-state index in [9.17, 15) is 9.59 Å². The lowest BCUT2D eigenvalue weighted by Crippen LogP contribution is -2.59. The summed E-state index contributed by atoms with van der Waals surface area (Å²) in [4.78, 5) is 24.4. The highest BCUT2D eigenvalue weighted by Crippen LogP contribution is 2.49. The molecule has 0 radical (unpaired) electrons. The Bertz CT molecular complexity index is 426. The van der Waals surface area contributed by atoms with Gasteiger partial charge in [-0.05, 0) is 45.4 Å². The summed E-state index contributed by atoms with van der Waals surface area (Å²) in [6.07, 6.45) is 7.32. The number of carbonyl (C=O) groups is 2. The Kier molecular flexibility index (Phi) is 3.51. The monoisotopic (exact) mass is 296 g/mol. The Hall–Kier alpha value is -0.710. The normalized spacial score (nSPS) is 31.7. The van der Waals surface area contributed by atoms with Gasteiger partial charge in [0.2, 0.25) is 11.8 Å². The summed E-state index contributed by atoms with van der Waals surface area (Å²) >= 11 is 1.57. The Labute approximate surface area is 124 Å². The molecule has 1 heterocycles. The standard InChI is InChI=1S/C15H24N2O2S/c1-14(2)13(19)16-11(9-20-14)12(18)17-15(7-8-15)10-5-3-4-6-10/h10-11H,3-9H2,1-2H3,(H,16,19)(H,17,18)/t11-/m0/s1. The van der Waals surface area contributed by atoms with Crippen molar-refractivity contribution in [2.24, 2.45) is 5.92 Å². The summed E-state index contributed by atoms with van der Waals surface area (Å²) in [5.74, 6) is 1.32. The predicted molar refractivity (Wildman–Crippen MR) is 80.5 cm³/mol. The molecule has 3 fully saturated rings. The first-order valence-corrected chi connectivity index (χ1v) is 8.68. The van der Waals surface area contributed by atoms with Crippen LogP contribution < -0.4 is 10.6 Å². The second kappa shape index (κ2) is 4.93. The van der Waals surface area contributed by atoms with E-state index >= 15 is 0 Å². The third-order valence-corrected chi connectivity index (χ3v) is 6.48. The molecule has 4 nitrogen and oxygen atoms in total. The van der Waals surface area contributed by atoms with E-state index in [1.165, 1.54) is 25.7 Å². The van der Waals surface area contributed by atoms with Crippen LogP contribution in [0.5, 0.6) is 0 Å². The molecule has 1 aliphatic heterocycles. The van der Waals surface area contributed by atoms with E-state index in [1.807, 2.05) is 13.8 Å². The van der Waals surface area contributed by atoms with Crippen LogP contribution >= 0.6 is 11.8 Å². The molecule has 0 aromatic heterocycles. The molecule has 20 heavy (non-hydrogen) atoms. The molecule has 0 unspecified atom stereocenters. The highest BCUT2D eigenvalue weighted by molar-refractivity contribution is 8.01. The Morgan fingerprint density at radius 1 is 1.30 bits per heavy atom. The van der Waals surface area contributed by atoms with Crippen molar-refractivity contribution in [2.75, 3.05) is 5.75 Å². The molecule has 0 spiro atoms. The SMILES string of the molecule is CC1(C)SC[C@@H](C(=O)NC2(C3CCCC3)CC2)NC1=O. The van der Waals surface area contributed by atoms with E-state index in [-0.39, 0.29) is 23.4 Å². The molecule has 1 saturated heterocycles. The molecule has 2 saturated carbocycles. The quantitative estimate of drug-likeness (QED) is 0.835. The van der Waals surface area contributed by atoms with Crippen molar-refractivity contribution in [3.05, 3.63) is 0 Å². The van der Waals surface area contributed by atoms with Crippen LogP contribution in [0.25, 0.3) is 0 Å². The Morgan fingerprint density at radius 3 is 2.50 bits per heavy atom. The fourth-order valence-corrected chi connectivity index (χ4v) is 4.46. The summed E-state index contributed by atoms with van der Waals surface area (Å²) < 4.78 is -0.417. The van der Waals surface area contributed by atoms with Crippen molar-refractivity contribution in [3.8, 4) is 0 Å². The topological polar surface area (TPSA) is 58.2 Å². The van der Waals surface area contributed by atoms with Crippen molar-refractivity contribution in [1.82, 2.24) is 10.6 Å². The molecular weight excluding hydrogens is 272 g/mol. The van der Waals surface area contributed by atoms with Crippen molar-refractivity contribution in [1.29, 1.82) is 0 Å². The minimum atomic E-state index is -0.417. The lowest BCUT2D eigenvalue weighted by molar-refractivity contribution is -0.130. The molecule has 5 heteroatoms. The van der Waals surface area contributed by atoms with E-state index in [0.29, 0.717) is 11.7 Å². The van der Waals surface area contributed by atoms with Crippen LogP contribution in [0.2, 0.25) is 0 Å². The number of hydrogen-bond acceptors (Lipinski definition) is 3. The summed E-state index contributed by atoms with van der Waals surface area (Å²) in [6.45, 7) is 3.81. The van der Waals surface area contributed by atoms with Crippen molar-refractivity contribution < 1.29 is 9.59 Å². The van der Waals surface area contributed by atoms with E-state index in [1.54, 1.807) is 11.8 Å². The zero-order valence-electron chi connectivity index (χ0n) is 12.3. The summed E-state index contributed by atoms with van der Waals surface area (Å²) in [5, 5.41) is 6.14. The maximum atomic E-state index is 12.4. The van der Waals surface area contributed by atoms with E-state index in [2.05, 4.69) is 10.6 Å². The summed E-state index contributed by atoms with van der Waals surface area (Å²) in [6, 6.07) is -0.362. The van der Waals surface area contributed by atoms with Crippen LogP contribution in [0, 0.1) is 5.92 Å². The number of carbonyl (C=O) groups excluding carboxylic acids is 2. The van der Waals surface area contributed by atoms with Crippen molar-refractivity contribution >= 4 is 23.6 Å². The first-order chi connectivity index (χ1) is 9.43. The van der Waals surface area contributed by atoms with Crippen molar-refractivity contribution in [2.45, 2.75) is 68.7 Å². The fraction of sp³-hybridized carbons (Fsp3) is 0.867. The van der Waals surface area contributed by atoms with Gasteiger partial charge in [-0.25, -0.2) is 0 Å². The maximum Gasteiger partial charge on any atom is 0.243 e. The minimum absolute atomic E-state index is 0.0192. The molecule has 3 rings (SSSR count). The van der Waals surface area contributed by atoms with Gasteiger partial charge < -0.3 is 10.6 Å². The second-order valence-corrected chi connectivity index (χ2v) is 8.62. The van der Waals surface area contributed by atoms with Crippen LogP contribution in [-0.4, -0.2) is 33.9 Å². The van der Waals surface area contributed by atoms with Gasteiger partial charge in [0.05, 0.1) is 4.75 Å². The third kappa shape index (κ3) is 2.57. The smallest absolute Gasteiger partial charge is 0.243 e. The fourth-order valence-electron chi connectivity index (χ4n) is 3.45. The highest BCUT2D eigenvalue weighted by atomic mass is 32.2. The maximum absolute atomic E-state index is 12.4. The first kappa shape index (κ1) is 14.2. The third-order valence-electron chi connectivity index (χ3n) is 5.08. The van der Waals surface area contributed by atoms with Crippen LogP contribution in [0.4, 0.5) is 0 Å². The van der Waals surface area contributed by atoms with Gasteiger partial charge in [0.1, 0.15) is 6.04 Å². The molecule has 1 atom stereocenters. The number of thioether (sulfide) groups is 1. The molecule has 2 N–H and O–H groups in total. The summed E-state index contributed by atoms with van der Waals surface area (Å²) in [7, 11) is 0. The zero-order chi connectivity index (χ0) is 14.4. The van der Waals surface area contributed by atoms with E-state index < -0.39 is 4.75 Å². The van der Waals surface area contributed by atoms with E-state index in [4.69, 9.17) is 0 Å². The molecule has 2 amide bonds. The van der Waals surface area contributed by atoms with Gasteiger partial charge in [0.15, 0.2) is 0 Å². The number of amides is 2. The number of rotatable bonds is 3. The highest BCUT2D eigenvalue weighted by Gasteiger charge is 2.52. The lowest BCUT2D eigenvalue weighted by Gasteiger charge is -2.34. The molecule has 0 aromatic carbocycles. The predicted octanol–water partition coefficient (Wildman–Crippen LogP) is 1.84. The average molecular weight is 296 g/mol. The van der Waals surface area contributed by atoms with Gasteiger partial charge in [-0.15, -0.1) is 11.8 Å². The Morgan fingerprint density at radius 2 is 1.95 bits per heavy atom. The average Bonchev–Trinajstić information content (AvgIpc) is 2.96. The minimum Gasteiger partial charge on any atom is -0.349 e. The van der Waals surface area contributed by atoms with Crippen LogP contribution in [0.3, 0.4) is 0 Å². The van der Waals surface area contributed by atoms with Gasteiger partial charge in [0, 0.05) is 11.3 Å². The van der Waals surface area contributed by atoms with Crippen LogP contribution in [0.1, 0.15) is 52.4 Å². The van der Waals surface area contributed by atoms with Gasteiger partial charge >= 0.3 is 0 Å². The van der Waals surface area contributed by atoms with Gasteiger partial charge in [0.25, 0.3) is 0 Å². The molecular formula is C15H24N2O2S. The molecule has 0 aromatic rings. The Balaban J connectivity index is 1.59. The van der Waals surface area contributed by atoms with E-state index in [0.717, 1.165) is 12.8 Å². The molecule has 3 aliphatic rings. The zero-order valence-corrected chi connectivity index (χ0v) is 13.1. The summed E-state index contributed by atoms with van der Waals surface area (Å²) in [5.41, 5.74) is 0.0654. The molecule has 0 bridgehead atoms. The van der Waals surface area contributed by atoms with Crippen molar-refractivity contribution in [3.63, 3.8) is 0 Å². The van der Waals surface area contributed by atoms with Gasteiger partial charge in [-0.1, -0.05) is 12.8 Å².